The van der Waals surface area contributed by atoms with Crippen LogP contribution < -0.4 is 16.0 Å². The summed E-state index contributed by atoms with van der Waals surface area (Å²) in [6.07, 6.45) is 4.02. The topological polar surface area (TPSA) is 100 Å². The van der Waals surface area contributed by atoms with Crippen LogP contribution >= 0.6 is 0 Å². The van der Waals surface area contributed by atoms with Crippen LogP contribution in [0.25, 0.3) is 5.65 Å². The lowest BCUT2D eigenvalue weighted by atomic mass is 10.0. The number of fused-ring (bicyclic) bond motifs is 1. The Morgan fingerprint density at radius 1 is 1.26 bits per heavy atom. The molecule has 138 valence electrons. The van der Waals surface area contributed by atoms with Gasteiger partial charge in [0.15, 0.2) is 5.65 Å². The zero-order valence-corrected chi connectivity index (χ0v) is 14.3. The van der Waals surface area contributed by atoms with Crippen molar-refractivity contribution in [1.82, 2.24) is 25.2 Å². The Balaban J connectivity index is 1.54. The molecule has 1 aliphatic heterocycles. The van der Waals surface area contributed by atoms with E-state index in [-0.39, 0.29) is 18.3 Å². The number of carbonyl (C=O) groups is 2. The zero-order chi connectivity index (χ0) is 18.8. The van der Waals surface area contributed by atoms with Gasteiger partial charge in [0.2, 0.25) is 5.91 Å². The Bertz CT molecular complexity index is 1000. The summed E-state index contributed by atoms with van der Waals surface area (Å²) in [6, 6.07) is 7.63. The summed E-state index contributed by atoms with van der Waals surface area (Å²) >= 11 is 0. The van der Waals surface area contributed by atoms with Crippen molar-refractivity contribution in [1.29, 1.82) is 0 Å². The third-order valence-electron chi connectivity index (χ3n) is 4.40. The summed E-state index contributed by atoms with van der Waals surface area (Å²) in [6.45, 7) is 0.790. The Kier molecular flexibility index (Phi) is 4.41. The molecular weight excluding hydrogens is 351 g/mol. The third kappa shape index (κ3) is 3.57. The Labute approximate surface area is 153 Å². The molecule has 1 atom stereocenters. The van der Waals surface area contributed by atoms with Crippen LogP contribution in [-0.2, 0) is 11.2 Å². The van der Waals surface area contributed by atoms with Gasteiger partial charge >= 0.3 is 6.03 Å². The normalized spacial score (nSPS) is 16.9. The van der Waals surface area contributed by atoms with Crippen LogP contribution in [0, 0.1) is 5.82 Å². The number of halogens is 1. The SMILES string of the molecule is O=C1NCC(c2cc(NCCc3ccc(F)cc3)c3nccn3n2)C(=O)N1. The van der Waals surface area contributed by atoms with Crippen molar-refractivity contribution < 1.29 is 14.0 Å². The van der Waals surface area contributed by atoms with Gasteiger partial charge in [-0.2, -0.15) is 5.10 Å². The van der Waals surface area contributed by atoms with E-state index in [0.717, 1.165) is 11.3 Å². The van der Waals surface area contributed by atoms with E-state index < -0.39 is 11.9 Å². The maximum Gasteiger partial charge on any atom is 0.321 e. The molecule has 3 N–H and O–H groups in total. The number of hydrogen-bond donors (Lipinski definition) is 3. The molecule has 3 heterocycles. The number of imide groups is 1. The monoisotopic (exact) mass is 368 g/mol. The number of anilines is 1. The molecule has 8 nitrogen and oxygen atoms in total. The number of hydrogen-bond acceptors (Lipinski definition) is 5. The van der Waals surface area contributed by atoms with Gasteiger partial charge in [-0.15, -0.1) is 0 Å². The average Bonchev–Trinajstić information content (AvgIpc) is 3.12. The van der Waals surface area contributed by atoms with E-state index in [2.05, 4.69) is 26.0 Å². The number of carbonyl (C=O) groups excluding carboxylic acids is 2. The first-order valence-corrected chi connectivity index (χ1v) is 8.51. The summed E-state index contributed by atoms with van der Waals surface area (Å²) in [5.41, 5.74) is 2.91. The molecule has 1 unspecified atom stereocenters. The van der Waals surface area contributed by atoms with Crippen molar-refractivity contribution in [3.63, 3.8) is 0 Å². The number of imidazole rings is 1. The first kappa shape index (κ1) is 17.0. The van der Waals surface area contributed by atoms with E-state index in [0.29, 0.717) is 24.3 Å². The molecule has 3 amide bonds. The maximum absolute atomic E-state index is 13.0. The third-order valence-corrected chi connectivity index (χ3v) is 4.40. The molecule has 2 aromatic heterocycles. The van der Waals surface area contributed by atoms with Gasteiger partial charge in [0.05, 0.1) is 17.3 Å². The number of nitrogens with zero attached hydrogens (tertiary/aromatic N) is 3. The number of rotatable bonds is 5. The van der Waals surface area contributed by atoms with Crippen LogP contribution in [0.2, 0.25) is 0 Å². The van der Waals surface area contributed by atoms with Gasteiger partial charge in [0, 0.05) is 25.5 Å². The molecule has 0 saturated carbocycles. The van der Waals surface area contributed by atoms with E-state index in [9.17, 15) is 14.0 Å². The van der Waals surface area contributed by atoms with Crippen molar-refractivity contribution in [2.75, 3.05) is 18.4 Å². The molecular formula is C18H17FN6O2. The van der Waals surface area contributed by atoms with Gasteiger partial charge in [-0.05, 0) is 30.2 Å². The van der Waals surface area contributed by atoms with Crippen LogP contribution in [0.3, 0.4) is 0 Å². The maximum atomic E-state index is 13.0. The zero-order valence-electron chi connectivity index (χ0n) is 14.3. The van der Waals surface area contributed by atoms with Crippen LogP contribution in [0.15, 0.2) is 42.7 Å². The predicted octanol–water partition coefficient (Wildman–Crippen LogP) is 1.45. The second-order valence-corrected chi connectivity index (χ2v) is 6.23. The van der Waals surface area contributed by atoms with Gasteiger partial charge < -0.3 is 10.6 Å². The van der Waals surface area contributed by atoms with Gasteiger partial charge in [-0.25, -0.2) is 18.7 Å². The average molecular weight is 368 g/mol. The van der Waals surface area contributed by atoms with Gasteiger partial charge in [-0.3, -0.25) is 10.1 Å². The van der Waals surface area contributed by atoms with Crippen molar-refractivity contribution in [3.05, 3.63) is 59.8 Å². The van der Waals surface area contributed by atoms with Crippen LogP contribution in [0.5, 0.6) is 0 Å². The van der Waals surface area contributed by atoms with Gasteiger partial charge in [0.25, 0.3) is 0 Å². The van der Waals surface area contributed by atoms with Crippen LogP contribution in [0.1, 0.15) is 17.2 Å². The highest BCUT2D eigenvalue weighted by Gasteiger charge is 2.29. The molecule has 9 heteroatoms. The highest BCUT2D eigenvalue weighted by atomic mass is 19.1. The van der Waals surface area contributed by atoms with E-state index in [4.69, 9.17) is 0 Å². The van der Waals surface area contributed by atoms with Crippen molar-refractivity contribution in [2.24, 2.45) is 0 Å². The highest BCUT2D eigenvalue weighted by molar-refractivity contribution is 6.00. The van der Waals surface area contributed by atoms with Crippen molar-refractivity contribution in [3.8, 4) is 0 Å². The molecule has 27 heavy (non-hydrogen) atoms. The molecule has 0 spiro atoms. The molecule has 0 bridgehead atoms. The first-order chi connectivity index (χ1) is 13.1. The van der Waals surface area contributed by atoms with E-state index >= 15 is 0 Å². The lowest BCUT2D eigenvalue weighted by Gasteiger charge is -2.22. The standard InChI is InChI=1S/C18H17FN6O2/c19-12-3-1-11(2-4-12)5-6-20-15-9-14(24-25-8-7-21-16(15)25)13-10-22-18(27)23-17(13)26/h1-4,7-9,13,20H,5-6,10H2,(H2,22,23,26,27). The largest absolute Gasteiger partial charge is 0.382 e. The molecule has 1 fully saturated rings. The molecule has 4 rings (SSSR count). The van der Waals surface area contributed by atoms with Crippen LogP contribution in [-0.4, -0.2) is 39.6 Å². The minimum absolute atomic E-state index is 0.187. The minimum atomic E-state index is -0.577. The molecule has 3 aromatic rings. The molecule has 1 saturated heterocycles. The Morgan fingerprint density at radius 2 is 2.07 bits per heavy atom. The molecule has 1 aromatic carbocycles. The second kappa shape index (κ2) is 7.02. The summed E-state index contributed by atoms with van der Waals surface area (Å²) in [4.78, 5) is 27.7. The fourth-order valence-corrected chi connectivity index (χ4v) is 3.00. The first-order valence-electron chi connectivity index (χ1n) is 8.51. The number of aromatic nitrogens is 3. The summed E-state index contributed by atoms with van der Waals surface area (Å²) in [5, 5.41) is 12.6. The van der Waals surface area contributed by atoms with Crippen molar-refractivity contribution >= 4 is 23.3 Å². The lowest BCUT2D eigenvalue weighted by molar-refractivity contribution is -0.122. The van der Waals surface area contributed by atoms with Crippen LogP contribution in [0.4, 0.5) is 14.9 Å². The molecule has 1 aliphatic rings. The quantitative estimate of drug-likeness (QED) is 0.633. The summed E-state index contributed by atoms with van der Waals surface area (Å²) < 4.78 is 14.6. The molecule has 0 radical (unpaired) electrons. The Hall–Kier alpha value is -3.49. The minimum Gasteiger partial charge on any atom is -0.382 e. The van der Waals surface area contributed by atoms with Gasteiger partial charge in [0.1, 0.15) is 5.82 Å². The smallest absolute Gasteiger partial charge is 0.321 e. The van der Waals surface area contributed by atoms with E-state index in [1.165, 1.54) is 12.1 Å². The van der Waals surface area contributed by atoms with E-state index in [1.54, 1.807) is 35.1 Å². The number of nitrogens with one attached hydrogen (secondary N) is 3. The summed E-state index contributed by atoms with van der Waals surface area (Å²) in [7, 11) is 0. The fourth-order valence-electron chi connectivity index (χ4n) is 3.00. The summed E-state index contributed by atoms with van der Waals surface area (Å²) in [5.74, 6) is -1.22. The second-order valence-electron chi connectivity index (χ2n) is 6.23. The highest BCUT2D eigenvalue weighted by Crippen LogP contribution is 2.22. The number of amides is 3. The van der Waals surface area contributed by atoms with Gasteiger partial charge in [-0.1, -0.05) is 12.1 Å². The van der Waals surface area contributed by atoms with E-state index in [1.807, 2.05) is 0 Å². The lowest BCUT2D eigenvalue weighted by Crippen LogP contribution is -2.51. The number of urea groups is 1. The fraction of sp³-hybridized carbons (Fsp3) is 0.222. The van der Waals surface area contributed by atoms with Crippen molar-refractivity contribution in [2.45, 2.75) is 12.3 Å². The number of benzene rings is 1. The molecule has 0 aliphatic carbocycles. The predicted molar refractivity (Wildman–Crippen MR) is 95.9 cm³/mol. The Morgan fingerprint density at radius 3 is 2.85 bits per heavy atom.